The van der Waals surface area contributed by atoms with Gasteiger partial charge in [-0.25, -0.2) is 4.98 Å². The Bertz CT molecular complexity index is 795. The lowest BCUT2D eigenvalue weighted by molar-refractivity contribution is 0.0200. The quantitative estimate of drug-likeness (QED) is 0.602. The van der Waals surface area contributed by atoms with E-state index in [-0.39, 0.29) is 6.10 Å². The van der Waals surface area contributed by atoms with Gasteiger partial charge in [0.05, 0.1) is 13.2 Å². The van der Waals surface area contributed by atoms with Crippen molar-refractivity contribution in [2.75, 3.05) is 24.8 Å². The van der Waals surface area contributed by atoms with Crippen LogP contribution in [0.4, 0.5) is 17.5 Å². The maximum atomic E-state index is 10.5. The van der Waals surface area contributed by atoms with Gasteiger partial charge in [-0.15, -0.1) is 0 Å². The van der Waals surface area contributed by atoms with Crippen LogP contribution in [0, 0.1) is 12.8 Å². The van der Waals surface area contributed by atoms with Crippen LogP contribution < -0.4 is 20.1 Å². The minimum Gasteiger partial charge on any atom is -0.493 e. The standard InChI is InChI=1S/C21H30N4O3/c1-13-10-20(22-3)25-21(23-13)24-16-8-9-18(27-4)19(12-16)28-14(2)17(26)11-15-6-5-7-15/h8-10,12,14-15,17,26H,5-7,11H2,1-4H3,(H2,22,23,24,25)/t14-,17+/m1/s1. The Hall–Kier alpha value is -2.54. The van der Waals surface area contributed by atoms with Crippen LogP contribution in [0.15, 0.2) is 24.3 Å². The number of nitrogens with one attached hydrogen (secondary N) is 2. The molecule has 0 radical (unpaired) electrons. The van der Waals surface area contributed by atoms with Gasteiger partial charge in [0.15, 0.2) is 11.5 Å². The molecule has 0 unspecified atom stereocenters. The van der Waals surface area contributed by atoms with E-state index in [0.717, 1.165) is 23.6 Å². The van der Waals surface area contributed by atoms with E-state index in [1.807, 2.05) is 45.2 Å². The highest BCUT2D eigenvalue weighted by Gasteiger charge is 2.25. The van der Waals surface area contributed by atoms with Crippen LogP contribution >= 0.6 is 0 Å². The first-order valence-electron chi connectivity index (χ1n) is 9.81. The van der Waals surface area contributed by atoms with Crippen molar-refractivity contribution in [3.63, 3.8) is 0 Å². The van der Waals surface area contributed by atoms with Gasteiger partial charge in [-0.3, -0.25) is 0 Å². The number of anilines is 3. The number of benzene rings is 1. The van der Waals surface area contributed by atoms with Crippen molar-refractivity contribution in [2.45, 2.75) is 51.7 Å². The maximum Gasteiger partial charge on any atom is 0.229 e. The SMILES string of the molecule is CNc1cc(C)nc(Nc2ccc(OC)c(O[C@H](C)[C@@H](O)CC3CCC3)c2)n1. The summed E-state index contributed by atoms with van der Waals surface area (Å²) in [6.45, 7) is 3.81. The van der Waals surface area contributed by atoms with Crippen LogP contribution in [0.2, 0.25) is 0 Å². The number of hydrogen-bond acceptors (Lipinski definition) is 7. The molecule has 1 fully saturated rings. The van der Waals surface area contributed by atoms with E-state index in [9.17, 15) is 5.11 Å². The number of ether oxygens (including phenoxy) is 2. The van der Waals surface area contributed by atoms with Crippen molar-refractivity contribution in [3.05, 3.63) is 30.0 Å². The lowest BCUT2D eigenvalue weighted by Crippen LogP contribution is -2.32. The number of hydrogen-bond donors (Lipinski definition) is 3. The van der Waals surface area contributed by atoms with Crippen molar-refractivity contribution in [1.29, 1.82) is 0 Å². The highest BCUT2D eigenvalue weighted by atomic mass is 16.5. The van der Waals surface area contributed by atoms with Crippen LogP contribution in [-0.2, 0) is 0 Å². The van der Waals surface area contributed by atoms with Gasteiger partial charge in [0.2, 0.25) is 5.95 Å². The second-order valence-electron chi connectivity index (χ2n) is 7.38. The predicted molar refractivity (Wildman–Crippen MR) is 111 cm³/mol. The zero-order chi connectivity index (χ0) is 20.1. The van der Waals surface area contributed by atoms with E-state index in [4.69, 9.17) is 9.47 Å². The molecule has 0 bridgehead atoms. The Labute approximate surface area is 166 Å². The summed E-state index contributed by atoms with van der Waals surface area (Å²) < 4.78 is 11.5. The minimum absolute atomic E-state index is 0.323. The first-order chi connectivity index (χ1) is 13.5. The Morgan fingerprint density at radius 2 is 2.00 bits per heavy atom. The van der Waals surface area contributed by atoms with Crippen LogP contribution in [0.25, 0.3) is 0 Å². The van der Waals surface area contributed by atoms with E-state index in [2.05, 4.69) is 20.6 Å². The van der Waals surface area contributed by atoms with E-state index in [1.165, 1.54) is 19.3 Å². The Balaban J connectivity index is 1.73. The molecular formula is C21H30N4O3. The maximum absolute atomic E-state index is 10.5. The molecule has 0 spiro atoms. The van der Waals surface area contributed by atoms with Crippen molar-refractivity contribution in [3.8, 4) is 11.5 Å². The number of rotatable bonds is 9. The van der Waals surface area contributed by atoms with Crippen LogP contribution in [-0.4, -0.2) is 41.4 Å². The summed E-state index contributed by atoms with van der Waals surface area (Å²) in [5.74, 6) is 3.06. The van der Waals surface area contributed by atoms with Crippen molar-refractivity contribution < 1.29 is 14.6 Å². The minimum atomic E-state index is -0.495. The molecule has 0 saturated heterocycles. The normalized spacial score (nSPS) is 16.0. The molecule has 1 aliphatic carbocycles. The Morgan fingerprint density at radius 3 is 2.64 bits per heavy atom. The third-order valence-corrected chi connectivity index (χ3v) is 5.18. The molecule has 28 heavy (non-hydrogen) atoms. The van der Waals surface area contributed by atoms with Gasteiger partial charge in [0.25, 0.3) is 0 Å². The average molecular weight is 386 g/mol. The Kier molecular flexibility index (Phi) is 6.57. The highest BCUT2D eigenvalue weighted by Crippen LogP contribution is 2.34. The second-order valence-corrected chi connectivity index (χ2v) is 7.38. The molecule has 7 heteroatoms. The topological polar surface area (TPSA) is 88.5 Å². The second kappa shape index (κ2) is 9.10. The average Bonchev–Trinajstić information content (AvgIpc) is 2.64. The van der Waals surface area contributed by atoms with Gasteiger partial charge in [0.1, 0.15) is 11.9 Å². The lowest BCUT2D eigenvalue weighted by Gasteiger charge is -2.30. The summed E-state index contributed by atoms with van der Waals surface area (Å²) in [4.78, 5) is 8.82. The van der Waals surface area contributed by atoms with Gasteiger partial charge in [-0.1, -0.05) is 19.3 Å². The number of aryl methyl sites for hydroxylation is 1. The van der Waals surface area contributed by atoms with E-state index < -0.39 is 6.10 Å². The van der Waals surface area contributed by atoms with Gasteiger partial charge in [0, 0.05) is 30.6 Å². The zero-order valence-corrected chi connectivity index (χ0v) is 17.0. The molecule has 0 aliphatic heterocycles. The molecule has 0 amide bonds. The molecule has 3 rings (SSSR count). The molecule has 1 aliphatic rings. The third-order valence-electron chi connectivity index (χ3n) is 5.18. The summed E-state index contributed by atoms with van der Waals surface area (Å²) in [6.07, 6.45) is 3.64. The molecule has 2 atom stereocenters. The fraction of sp³-hybridized carbons (Fsp3) is 0.524. The summed E-state index contributed by atoms with van der Waals surface area (Å²) >= 11 is 0. The predicted octanol–water partition coefficient (Wildman–Crippen LogP) is 3.90. The van der Waals surface area contributed by atoms with E-state index in [1.54, 1.807) is 7.11 Å². The zero-order valence-electron chi connectivity index (χ0n) is 17.0. The van der Waals surface area contributed by atoms with Crippen LogP contribution in [0.3, 0.4) is 0 Å². The molecule has 152 valence electrons. The monoisotopic (exact) mass is 386 g/mol. The van der Waals surface area contributed by atoms with Crippen molar-refractivity contribution in [2.24, 2.45) is 5.92 Å². The molecule has 7 nitrogen and oxygen atoms in total. The third kappa shape index (κ3) is 5.04. The summed E-state index contributed by atoms with van der Waals surface area (Å²) in [7, 11) is 3.43. The Morgan fingerprint density at radius 1 is 1.21 bits per heavy atom. The molecule has 1 aromatic heterocycles. The fourth-order valence-corrected chi connectivity index (χ4v) is 3.27. The number of methoxy groups -OCH3 is 1. The highest BCUT2D eigenvalue weighted by molar-refractivity contribution is 5.60. The lowest BCUT2D eigenvalue weighted by atomic mass is 9.81. The van der Waals surface area contributed by atoms with Gasteiger partial charge >= 0.3 is 0 Å². The number of aliphatic hydroxyl groups excluding tert-OH is 1. The molecule has 1 aromatic carbocycles. The molecule has 1 saturated carbocycles. The number of aliphatic hydroxyl groups is 1. The summed E-state index contributed by atoms with van der Waals surface area (Å²) in [5, 5.41) is 16.7. The summed E-state index contributed by atoms with van der Waals surface area (Å²) in [5.41, 5.74) is 1.64. The van der Waals surface area contributed by atoms with E-state index in [0.29, 0.717) is 23.4 Å². The van der Waals surface area contributed by atoms with Crippen molar-refractivity contribution in [1.82, 2.24) is 9.97 Å². The molecular weight excluding hydrogens is 356 g/mol. The summed E-state index contributed by atoms with van der Waals surface area (Å²) in [6, 6.07) is 7.43. The fourth-order valence-electron chi connectivity index (χ4n) is 3.27. The molecule has 2 aromatic rings. The first kappa shape index (κ1) is 20.2. The molecule has 1 heterocycles. The largest absolute Gasteiger partial charge is 0.493 e. The molecule has 3 N–H and O–H groups in total. The van der Waals surface area contributed by atoms with E-state index >= 15 is 0 Å². The van der Waals surface area contributed by atoms with Gasteiger partial charge < -0.3 is 25.2 Å². The number of aromatic nitrogens is 2. The van der Waals surface area contributed by atoms with Crippen molar-refractivity contribution >= 4 is 17.5 Å². The van der Waals surface area contributed by atoms with Gasteiger partial charge in [-0.05, 0) is 38.3 Å². The first-order valence-corrected chi connectivity index (χ1v) is 9.81. The number of nitrogens with zero attached hydrogens (tertiary/aromatic N) is 2. The van der Waals surface area contributed by atoms with Gasteiger partial charge in [-0.2, -0.15) is 4.98 Å². The van der Waals surface area contributed by atoms with Crippen LogP contribution in [0.1, 0.15) is 38.3 Å². The van der Waals surface area contributed by atoms with Crippen LogP contribution in [0.5, 0.6) is 11.5 Å². The smallest absolute Gasteiger partial charge is 0.229 e.